The molecule has 0 aliphatic heterocycles. The molecule has 10 nitrogen and oxygen atoms in total. The fraction of sp³-hybridized carbons (Fsp3) is 0.154. The summed E-state index contributed by atoms with van der Waals surface area (Å²) in [6.45, 7) is 1.44. The molecule has 1 aromatic heterocycles. The zero-order valence-electron chi connectivity index (χ0n) is 20.9. The van der Waals surface area contributed by atoms with Gasteiger partial charge in [0.2, 0.25) is 0 Å². The van der Waals surface area contributed by atoms with Crippen molar-refractivity contribution >= 4 is 42.6 Å². The Kier molecular flexibility index (Phi) is 7.93. The molecular formula is C26H23F2N3O7S2. The van der Waals surface area contributed by atoms with Gasteiger partial charge in [0.1, 0.15) is 23.2 Å². The van der Waals surface area contributed by atoms with Crippen LogP contribution in [0.25, 0.3) is 10.9 Å². The Bertz CT molecular complexity index is 1840. The highest BCUT2D eigenvalue weighted by Crippen LogP contribution is 2.38. The number of nitrogens with one attached hydrogen (secondary N) is 1. The number of carbonyl (C=O) groups is 1. The minimum absolute atomic E-state index is 0.0113. The van der Waals surface area contributed by atoms with Crippen LogP contribution < -0.4 is 10.5 Å². The number of nitrogens with zero attached hydrogens (tertiary/aromatic N) is 1. The highest BCUT2D eigenvalue weighted by Gasteiger charge is 2.28. The maximum absolute atomic E-state index is 15.7. The van der Waals surface area contributed by atoms with E-state index in [1.54, 1.807) is 6.07 Å². The lowest BCUT2D eigenvalue weighted by Crippen LogP contribution is -2.20. The first-order valence-electron chi connectivity index (χ1n) is 11.6. The summed E-state index contributed by atoms with van der Waals surface area (Å²) < 4.78 is 93.4. The number of nitrogens with two attached hydrogens (primary N) is 1. The SMILES string of the molecule is CCOC(=O)CS(=O)(=O)Cc1c(Oc2ccc(F)c(C(=N)N)c2)c(F)cc2c1ccn2S(=O)(=O)c1ccccc1. The van der Waals surface area contributed by atoms with E-state index in [0.29, 0.717) is 0 Å². The van der Waals surface area contributed by atoms with Crippen LogP contribution in [0.3, 0.4) is 0 Å². The highest BCUT2D eigenvalue weighted by atomic mass is 32.2. The van der Waals surface area contributed by atoms with Gasteiger partial charge in [0.25, 0.3) is 10.0 Å². The number of fused-ring (bicyclic) bond motifs is 1. The first-order valence-corrected chi connectivity index (χ1v) is 14.9. The Hall–Kier alpha value is -4.30. The van der Waals surface area contributed by atoms with Gasteiger partial charge in [-0.15, -0.1) is 0 Å². The third kappa shape index (κ3) is 5.82. The molecule has 0 unspecified atom stereocenters. The van der Waals surface area contributed by atoms with Crippen molar-refractivity contribution in [1.82, 2.24) is 3.97 Å². The fourth-order valence-corrected chi connectivity index (χ4v) is 6.62. The Morgan fingerprint density at radius 2 is 1.70 bits per heavy atom. The van der Waals surface area contributed by atoms with Crippen molar-refractivity contribution in [3.8, 4) is 11.5 Å². The molecule has 4 aromatic rings. The summed E-state index contributed by atoms with van der Waals surface area (Å²) in [4.78, 5) is 11.8. The van der Waals surface area contributed by atoms with Gasteiger partial charge in [-0.05, 0) is 43.3 Å². The highest BCUT2D eigenvalue weighted by molar-refractivity contribution is 7.91. The zero-order chi connectivity index (χ0) is 29.2. The molecule has 210 valence electrons. The van der Waals surface area contributed by atoms with Gasteiger partial charge in [0.05, 0.1) is 28.3 Å². The average molecular weight is 592 g/mol. The van der Waals surface area contributed by atoms with E-state index >= 15 is 4.39 Å². The number of aromatic nitrogens is 1. The van der Waals surface area contributed by atoms with Crippen molar-refractivity contribution < 1.29 is 39.9 Å². The van der Waals surface area contributed by atoms with Gasteiger partial charge in [0, 0.05) is 23.2 Å². The topological polar surface area (TPSA) is 159 Å². The molecule has 0 fully saturated rings. The Labute approximate surface area is 228 Å². The van der Waals surface area contributed by atoms with Crippen LogP contribution in [0.15, 0.2) is 71.8 Å². The van der Waals surface area contributed by atoms with Crippen LogP contribution in [0, 0.1) is 17.0 Å². The summed E-state index contributed by atoms with van der Waals surface area (Å²) in [5, 5.41) is 7.53. The largest absolute Gasteiger partial charge is 0.465 e. The monoisotopic (exact) mass is 591 g/mol. The lowest BCUT2D eigenvalue weighted by atomic mass is 10.1. The number of rotatable bonds is 10. The minimum Gasteiger partial charge on any atom is -0.465 e. The van der Waals surface area contributed by atoms with Gasteiger partial charge >= 0.3 is 5.97 Å². The molecule has 14 heteroatoms. The number of hydrogen-bond donors (Lipinski definition) is 2. The van der Waals surface area contributed by atoms with Gasteiger partial charge in [-0.3, -0.25) is 10.2 Å². The standard InChI is InChI=1S/C26H23F2N3O7S2/c1-2-37-24(32)15-39(33,34)14-20-18-10-11-31(40(35,36)17-6-4-3-5-7-17)23(18)13-22(28)25(20)38-16-8-9-21(27)19(12-16)26(29)30/h3-13H,2,14-15H2,1H3,(H3,29,30). The van der Waals surface area contributed by atoms with Crippen molar-refractivity contribution in [1.29, 1.82) is 5.41 Å². The maximum Gasteiger partial charge on any atom is 0.321 e. The number of benzene rings is 3. The third-order valence-electron chi connectivity index (χ3n) is 5.72. The molecule has 40 heavy (non-hydrogen) atoms. The van der Waals surface area contributed by atoms with Gasteiger partial charge < -0.3 is 15.2 Å². The van der Waals surface area contributed by atoms with E-state index in [4.69, 9.17) is 20.6 Å². The maximum atomic E-state index is 15.7. The number of sulfone groups is 1. The number of halogens is 2. The summed E-state index contributed by atoms with van der Waals surface area (Å²) in [6.07, 6.45) is 1.14. The smallest absolute Gasteiger partial charge is 0.321 e. The molecule has 0 saturated carbocycles. The number of ether oxygens (including phenoxy) is 2. The lowest BCUT2D eigenvalue weighted by molar-refractivity contribution is -0.139. The van der Waals surface area contributed by atoms with Crippen LogP contribution >= 0.6 is 0 Å². The van der Waals surface area contributed by atoms with E-state index in [1.165, 1.54) is 37.3 Å². The fourth-order valence-electron chi connectivity index (χ4n) is 3.99. The molecule has 0 aliphatic carbocycles. The van der Waals surface area contributed by atoms with Gasteiger partial charge in [0.15, 0.2) is 21.4 Å². The van der Waals surface area contributed by atoms with Gasteiger partial charge in [-0.1, -0.05) is 18.2 Å². The predicted molar refractivity (Wildman–Crippen MR) is 143 cm³/mol. The summed E-state index contributed by atoms with van der Waals surface area (Å²) >= 11 is 0. The van der Waals surface area contributed by atoms with Crippen LogP contribution in [0.2, 0.25) is 0 Å². The molecule has 0 spiro atoms. The molecular weight excluding hydrogens is 568 g/mol. The molecule has 0 aliphatic rings. The van der Waals surface area contributed by atoms with Crippen molar-refractivity contribution in [2.45, 2.75) is 17.6 Å². The molecule has 0 bridgehead atoms. The van der Waals surface area contributed by atoms with Crippen LogP contribution in [0.5, 0.6) is 11.5 Å². The molecule has 3 aromatic carbocycles. The van der Waals surface area contributed by atoms with E-state index in [0.717, 1.165) is 34.4 Å². The Balaban J connectivity index is 1.91. The molecule has 0 amide bonds. The Morgan fingerprint density at radius 3 is 2.35 bits per heavy atom. The average Bonchev–Trinajstić information content (AvgIpc) is 3.31. The van der Waals surface area contributed by atoms with Crippen molar-refractivity contribution in [2.24, 2.45) is 5.73 Å². The van der Waals surface area contributed by atoms with E-state index in [1.807, 2.05) is 0 Å². The van der Waals surface area contributed by atoms with Crippen LogP contribution in [-0.2, 0) is 35.1 Å². The Morgan fingerprint density at radius 1 is 1.00 bits per heavy atom. The van der Waals surface area contributed by atoms with Crippen LogP contribution in [0.4, 0.5) is 8.78 Å². The summed E-state index contributed by atoms with van der Waals surface area (Å²) in [5.41, 5.74) is 4.59. The second-order valence-corrected chi connectivity index (χ2v) is 12.4. The molecule has 0 radical (unpaired) electrons. The predicted octanol–water partition coefficient (Wildman–Crippen LogP) is 3.71. The lowest BCUT2D eigenvalue weighted by Gasteiger charge is -2.16. The van der Waals surface area contributed by atoms with Gasteiger partial charge in [-0.25, -0.2) is 29.6 Å². The normalized spacial score (nSPS) is 11.9. The van der Waals surface area contributed by atoms with Crippen LogP contribution in [-0.4, -0.2) is 45.0 Å². The van der Waals surface area contributed by atoms with Crippen molar-refractivity contribution in [3.05, 3.63) is 89.6 Å². The van der Waals surface area contributed by atoms with Crippen molar-refractivity contribution in [2.75, 3.05) is 12.4 Å². The van der Waals surface area contributed by atoms with E-state index in [2.05, 4.69) is 0 Å². The first kappa shape index (κ1) is 28.7. The number of carbonyl (C=O) groups excluding carboxylic acids is 1. The second-order valence-electron chi connectivity index (χ2n) is 8.52. The number of hydrogen-bond acceptors (Lipinski definition) is 8. The number of esters is 1. The first-order chi connectivity index (χ1) is 18.8. The van der Waals surface area contributed by atoms with Crippen LogP contribution in [0.1, 0.15) is 18.1 Å². The quantitative estimate of drug-likeness (QED) is 0.160. The third-order valence-corrected chi connectivity index (χ3v) is 8.83. The van der Waals surface area contributed by atoms with E-state index in [9.17, 15) is 26.0 Å². The second kappa shape index (κ2) is 11.1. The summed E-state index contributed by atoms with van der Waals surface area (Å²) in [7, 11) is -8.49. The van der Waals surface area contributed by atoms with Crippen molar-refractivity contribution in [3.63, 3.8) is 0 Å². The zero-order valence-corrected chi connectivity index (χ0v) is 22.6. The van der Waals surface area contributed by atoms with Gasteiger partial charge in [-0.2, -0.15) is 0 Å². The summed E-state index contributed by atoms with van der Waals surface area (Å²) in [5.74, 6) is -6.34. The summed E-state index contributed by atoms with van der Waals surface area (Å²) in [6, 6.07) is 12.6. The molecule has 0 atom stereocenters. The van der Waals surface area contributed by atoms with E-state index < -0.39 is 60.6 Å². The number of amidine groups is 1. The molecule has 3 N–H and O–H groups in total. The minimum atomic E-state index is -4.28. The van der Waals surface area contributed by atoms with E-state index in [-0.39, 0.29) is 39.3 Å². The molecule has 1 heterocycles. The molecule has 0 saturated heterocycles. The molecule has 4 rings (SSSR count). The number of nitrogen functional groups attached to an aromatic ring is 1.